The molecule has 7 nitrogen and oxygen atoms in total. The number of hydrogen-bond acceptors (Lipinski definition) is 5. The fourth-order valence-electron chi connectivity index (χ4n) is 3.97. The highest BCUT2D eigenvalue weighted by Crippen LogP contribution is 2.33. The molecule has 5 rings (SSSR count). The number of halogens is 3. The first-order valence-electron chi connectivity index (χ1n) is 10.7. The van der Waals surface area contributed by atoms with E-state index in [9.17, 15) is 18.0 Å². The normalized spacial score (nSPS) is 15.9. The summed E-state index contributed by atoms with van der Waals surface area (Å²) < 4.78 is 55.4. The van der Waals surface area contributed by atoms with E-state index >= 15 is 0 Å². The summed E-state index contributed by atoms with van der Waals surface area (Å²) in [5.41, 5.74) is 1.25. The topological polar surface area (TPSA) is 69.5 Å². The smallest absolute Gasteiger partial charge is 0.246 e. The van der Waals surface area contributed by atoms with Gasteiger partial charge < -0.3 is 14.4 Å². The second-order valence-corrected chi connectivity index (χ2v) is 7.81. The van der Waals surface area contributed by atoms with E-state index in [1.54, 1.807) is 17.0 Å². The molecule has 0 spiro atoms. The Morgan fingerprint density at radius 3 is 2.54 bits per heavy atom. The predicted molar refractivity (Wildman–Crippen MR) is 121 cm³/mol. The fraction of sp³-hybridized carbons (Fsp3) is 0.160. The lowest BCUT2D eigenvalue weighted by atomic mass is 10.1. The zero-order valence-corrected chi connectivity index (χ0v) is 18.3. The van der Waals surface area contributed by atoms with Crippen LogP contribution < -0.4 is 4.74 Å². The summed E-state index contributed by atoms with van der Waals surface area (Å²) in [5.74, 6) is -2.77. The molecule has 1 atom stereocenters. The van der Waals surface area contributed by atoms with Crippen molar-refractivity contribution < 1.29 is 27.4 Å². The number of carbonyl (C=O) groups is 1. The molecule has 10 heteroatoms. The largest absolute Gasteiger partial charge is 0.451 e. The Bertz CT molecular complexity index is 1400. The van der Waals surface area contributed by atoms with Crippen LogP contribution in [-0.2, 0) is 9.53 Å². The fourth-order valence-corrected chi connectivity index (χ4v) is 3.97. The van der Waals surface area contributed by atoms with Crippen molar-refractivity contribution in [3.8, 4) is 17.2 Å². The van der Waals surface area contributed by atoms with E-state index in [1.807, 2.05) is 0 Å². The molecule has 1 unspecified atom stereocenters. The third-order valence-corrected chi connectivity index (χ3v) is 5.65. The zero-order chi connectivity index (χ0) is 24.5. The molecule has 4 aromatic rings. The second kappa shape index (κ2) is 9.22. The average molecular weight is 480 g/mol. The Morgan fingerprint density at radius 1 is 1.09 bits per heavy atom. The summed E-state index contributed by atoms with van der Waals surface area (Å²) in [6.45, 7) is 4.37. The van der Waals surface area contributed by atoms with Crippen LogP contribution >= 0.6 is 0 Å². The summed E-state index contributed by atoms with van der Waals surface area (Å²) in [6.07, 6.45) is 3.14. The summed E-state index contributed by atoms with van der Waals surface area (Å²) in [5, 5.41) is 4.82. The summed E-state index contributed by atoms with van der Waals surface area (Å²) in [6, 6.07) is 9.71. The second-order valence-electron chi connectivity index (χ2n) is 7.81. The van der Waals surface area contributed by atoms with Crippen LogP contribution in [-0.4, -0.2) is 45.3 Å². The third-order valence-electron chi connectivity index (χ3n) is 5.65. The lowest BCUT2D eigenvalue weighted by Crippen LogP contribution is -2.41. The van der Waals surface area contributed by atoms with Crippen molar-refractivity contribution in [2.75, 3.05) is 19.7 Å². The van der Waals surface area contributed by atoms with Crippen LogP contribution in [0.15, 0.2) is 67.5 Å². The Kier molecular flexibility index (Phi) is 5.96. The van der Waals surface area contributed by atoms with Gasteiger partial charge in [-0.15, -0.1) is 0 Å². The van der Waals surface area contributed by atoms with E-state index in [0.717, 1.165) is 18.3 Å². The van der Waals surface area contributed by atoms with Crippen molar-refractivity contribution in [1.82, 2.24) is 19.7 Å². The quantitative estimate of drug-likeness (QED) is 0.387. The highest BCUT2D eigenvalue weighted by molar-refractivity contribution is 5.87. The molecule has 0 aliphatic carbocycles. The average Bonchev–Trinajstić information content (AvgIpc) is 3.27. The van der Waals surface area contributed by atoms with E-state index in [-0.39, 0.29) is 30.2 Å². The van der Waals surface area contributed by atoms with Crippen LogP contribution in [0.1, 0.15) is 11.8 Å². The molecule has 0 radical (unpaired) electrons. The van der Waals surface area contributed by atoms with Gasteiger partial charge in [0.15, 0.2) is 23.2 Å². The van der Waals surface area contributed by atoms with Gasteiger partial charge in [-0.1, -0.05) is 12.6 Å². The van der Waals surface area contributed by atoms with E-state index in [4.69, 9.17) is 9.47 Å². The number of fused-ring (bicyclic) bond motifs is 1. The molecular formula is C25H19F3N4O3. The number of aromatic nitrogens is 3. The van der Waals surface area contributed by atoms with Crippen LogP contribution in [0.3, 0.4) is 0 Å². The van der Waals surface area contributed by atoms with Gasteiger partial charge >= 0.3 is 0 Å². The minimum absolute atomic E-state index is 0.194. The SMILES string of the molecule is C=CC(=O)N1CCOC(c2nn(-c3ccc(Oc4c(F)cccc4F)cc3)c3cncc(F)c23)C1. The number of amides is 1. The number of benzene rings is 2. The highest BCUT2D eigenvalue weighted by Gasteiger charge is 2.30. The molecule has 1 aliphatic heterocycles. The molecule has 2 aromatic heterocycles. The van der Waals surface area contributed by atoms with E-state index in [0.29, 0.717) is 23.4 Å². The van der Waals surface area contributed by atoms with Gasteiger partial charge in [-0.2, -0.15) is 5.10 Å². The molecule has 1 fully saturated rings. The van der Waals surface area contributed by atoms with Gasteiger partial charge in [0.05, 0.1) is 42.1 Å². The maximum Gasteiger partial charge on any atom is 0.246 e. The first-order valence-corrected chi connectivity index (χ1v) is 10.7. The summed E-state index contributed by atoms with van der Waals surface area (Å²) in [7, 11) is 0. The standard InChI is InChI=1S/C25H19F3N4O3/c1-2-22(33)31-10-11-34-21(14-31)24-23-19(28)12-29-13-20(23)32(30-24)15-6-8-16(9-7-15)35-25-17(26)4-3-5-18(25)27/h2-9,12-13,21H,1,10-11,14H2. The lowest BCUT2D eigenvalue weighted by molar-refractivity contribution is -0.133. The third kappa shape index (κ3) is 4.24. The molecule has 3 heterocycles. The lowest BCUT2D eigenvalue weighted by Gasteiger charge is -2.31. The number of hydrogen-bond donors (Lipinski definition) is 0. The van der Waals surface area contributed by atoms with Gasteiger partial charge in [0, 0.05) is 6.54 Å². The number of morpholine rings is 1. The molecule has 1 aliphatic rings. The predicted octanol–water partition coefficient (Wildman–Crippen LogP) is 4.72. The van der Waals surface area contributed by atoms with Gasteiger partial charge in [-0.05, 0) is 42.5 Å². The van der Waals surface area contributed by atoms with Crippen LogP contribution in [0.4, 0.5) is 13.2 Å². The Labute approximate surface area is 198 Å². The van der Waals surface area contributed by atoms with Gasteiger partial charge in [-0.3, -0.25) is 9.78 Å². The van der Waals surface area contributed by atoms with Gasteiger partial charge in [-0.25, -0.2) is 17.9 Å². The van der Waals surface area contributed by atoms with E-state index < -0.39 is 29.3 Å². The number of rotatable bonds is 5. The van der Waals surface area contributed by atoms with Crippen LogP contribution in [0.5, 0.6) is 11.5 Å². The van der Waals surface area contributed by atoms with Crippen LogP contribution in [0.2, 0.25) is 0 Å². The summed E-state index contributed by atoms with van der Waals surface area (Å²) >= 11 is 0. The molecule has 0 N–H and O–H groups in total. The van der Waals surface area contributed by atoms with Crippen molar-refractivity contribution >= 4 is 16.8 Å². The molecule has 0 saturated carbocycles. The molecule has 2 aromatic carbocycles. The molecule has 0 bridgehead atoms. The van der Waals surface area contributed by atoms with Crippen molar-refractivity contribution in [2.24, 2.45) is 0 Å². The van der Waals surface area contributed by atoms with Gasteiger partial charge in [0.2, 0.25) is 5.91 Å². The number of ether oxygens (including phenoxy) is 2. The first-order chi connectivity index (χ1) is 17.0. The monoisotopic (exact) mass is 480 g/mol. The Hall–Kier alpha value is -4.18. The number of carbonyl (C=O) groups excluding carboxylic acids is 1. The Balaban J connectivity index is 1.50. The summed E-state index contributed by atoms with van der Waals surface area (Å²) in [4.78, 5) is 17.6. The zero-order valence-electron chi connectivity index (χ0n) is 18.3. The molecular weight excluding hydrogens is 461 g/mol. The van der Waals surface area contributed by atoms with Crippen molar-refractivity contribution in [3.63, 3.8) is 0 Å². The van der Waals surface area contributed by atoms with Crippen LogP contribution in [0.25, 0.3) is 16.6 Å². The molecule has 178 valence electrons. The first kappa shape index (κ1) is 22.6. The maximum absolute atomic E-state index is 14.9. The maximum atomic E-state index is 14.9. The minimum atomic E-state index is -0.824. The molecule has 1 saturated heterocycles. The van der Waals surface area contributed by atoms with Crippen molar-refractivity contribution in [3.05, 3.63) is 90.7 Å². The molecule has 1 amide bonds. The van der Waals surface area contributed by atoms with E-state index in [2.05, 4.69) is 16.7 Å². The van der Waals surface area contributed by atoms with Gasteiger partial charge in [0.1, 0.15) is 17.5 Å². The Morgan fingerprint density at radius 2 is 1.83 bits per heavy atom. The number of para-hydroxylation sites is 1. The number of nitrogens with zero attached hydrogens (tertiary/aromatic N) is 4. The van der Waals surface area contributed by atoms with Gasteiger partial charge in [0.25, 0.3) is 0 Å². The van der Waals surface area contributed by atoms with Crippen molar-refractivity contribution in [1.29, 1.82) is 0 Å². The van der Waals surface area contributed by atoms with Crippen LogP contribution in [0, 0.1) is 17.5 Å². The van der Waals surface area contributed by atoms with Crippen molar-refractivity contribution in [2.45, 2.75) is 6.10 Å². The van der Waals surface area contributed by atoms with E-state index in [1.165, 1.54) is 35.2 Å². The molecule has 35 heavy (non-hydrogen) atoms. The minimum Gasteiger partial charge on any atom is -0.451 e. The highest BCUT2D eigenvalue weighted by atomic mass is 19.1. The number of pyridine rings is 1.